The average Bonchev–Trinajstić information content (AvgIpc) is 3.21. The van der Waals surface area contributed by atoms with Gasteiger partial charge in [-0.15, -0.1) is 0 Å². The molecule has 0 aliphatic rings. The number of allylic oxidation sites excluding steroid dienone is 6. The predicted octanol–water partition coefficient (Wildman–Crippen LogP) is 12.9. The van der Waals surface area contributed by atoms with Crippen molar-refractivity contribution in [3.05, 3.63) is 36.5 Å². The quantitative estimate of drug-likeness (QED) is 0.0198. The molecule has 8 heteroatoms. The zero-order valence-corrected chi connectivity index (χ0v) is 39.9. The predicted molar refractivity (Wildman–Crippen MR) is 250 cm³/mol. The Morgan fingerprint density at radius 2 is 0.883 bits per heavy atom. The minimum absolute atomic E-state index is 0.0331. The van der Waals surface area contributed by atoms with E-state index in [4.69, 9.17) is 14.2 Å². The number of carboxylic acids is 1. The zero-order chi connectivity index (χ0) is 44.2. The third kappa shape index (κ3) is 40.9. The van der Waals surface area contributed by atoms with Gasteiger partial charge in [0.2, 0.25) is 0 Å². The van der Waals surface area contributed by atoms with Crippen molar-refractivity contribution in [3.63, 3.8) is 0 Å². The van der Waals surface area contributed by atoms with Crippen LogP contribution in [0.3, 0.4) is 0 Å². The number of rotatable bonds is 45. The van der Waals surface area contributed by atoms with Gasteiger partial charge in [0.15, 0.2) is 6.10 Å². The lowest BCUT2D eigenvalue weighted by atomic mass is 10.1. The molecule has 0 saturated heterocycles. The highest BCUT2D eigenvalue weighted by Crippen LogP contribution is 2.14. The van der Waals surface area contributed by atoms with E-state index in [2.05, 4.69) is 50.3 Å². The zero-order valence-electron chi connectivity index (χ0n) is 39.9. The molecule has 2 atom stereocenters. The molecule has 0 amide bonds. The van der Waals surface area contributed by atoms with Crippen LogP contribution in [0.25, 0.3) is 0 Å². The van der Waals surface area contributed by atoms with Crippen molar-refractivity contribution in [1.29, 1.82) is 0 Å². The van der Waals surface area contributed by atoms with Gasteiger partial charge in [0, 0.05) is 19.3 Å². The van der Waals surface area contributed by atoms with Crippen LogP contribution in [0.2, 0.25) is 0 Å². The molecule has 0 fully saturated rings. The average molecular weight is 846 g/mol. The summed E-state index contributed by atoms with van der Waals surface area (Å²) in [6.07, 6.45) is 50.3. The first-order valence-electron chi connectivity index (χ1n) is 25.0. The largest absolute Gasteiger partial charge is 0.544 e. The highest BCUT2D eigenvalue weighted by Gasteiger charge is 2.25. The number of unbranched alkanes of at least 4 members (excludes halogenated alkanes) is 26. The molecule has 0 heterocycles. The number of hydrogen-bond acceptors (Lipinski definition) is 7. The third-order valence-corrected chi connectivity index (χ3v) is 11.3. The number of quaternary nitrogens is 1. The molecule has 0 aromatic carbocycles. The fourth-order valence-corrected chi connectivity index (χ4v) is 7.35. The second-order valence-electron chi connectivity index (χ2n) is 18.1. The van der Waals surface area contributed by atoms with E-state index in [1.165, 1.54) is 122 Å². The summed E-state index contributed by atoms with van der Waals surface area (Å²) in [5, 5.41) is 11.6. The standard InChI is InChI=1S/C52H95NO7/c1-6-8-10-12-14-16-18-20-22-24-26-28-30-32-34-36-38-40-42-50(54)59-47-48(46-58-45-44-49(52(56)57)53(3,4)5)60-51(55)43-41-39-37-35-33-31-29-27-25-23-21-19-17-15-13-11-9-7-2/h23,25-29,48-49H,6-22,24,30-47H2,1-5H3/b25-23+,28-26+,29-27+. The highest BCUT2D eigenvalue weighted by molar-refractivity contribution is 5.70. The van der Waals surface area contributed by atoms with Crippen molar-refractivity contribution in [2.45, 2.75) is 238 Å². The molecule has 0 rings (SSSR count). The lowest BCUT2D eigenvalue weighted by molar-refractivity contribution is -0.889. The minimum Gasteiger partial charge on any atom is -0.544 e. The number of nitrogens with zero attached hydrogens (tertiary/aromatic N) is 1. The minimum atomic E-state index is -1.13. The van der Waals surface area contributed by atoms with Crippen LogP contribution in [0.15, 0.2) is 36.5 Å². The van der Waals surface area contributed by atoms with Gasteiger partial charge in [-0.1, -0.05) is 179 Å². The summed E-state index contributed by atoms with van der Waals surface area (Å²) >= 11 is 0. The van der Waals surface area contributed by atoms with Crippen molar-refractivity contribution < 1.29 is 38.2 Å². The molecular formula is C52H95NO7. The van der Waals surface area contributed by atoms with Crippen LogP contribution in [0.5, 0.6) is 0 Å². The number of aliphatic carboxylic acids is 1. The van der Waals surface area contributed by atoms with Crippen LogP contribution < -0.4 is 5.11 Å². The van der Waals surface area contributed by atoms with Crippen LogP contribution >= 0.6 is 0 Å². The second kappa shape index (κ2) is 43.2. The fourth-order valence-electron chi connectivity index (χ4n) is 7.35. The Labute approximate surface area is 370 Å². The molecule has 0 spiro atoms. The normalized spacial score (nSPS) is 13.2. The van der Waals surface area contributed by atoms with E-state index >= 15 is 0 Å². The molecule has 0 N–H and O–H groups in total. The molecule has 0 aliphatic carbocycles. The SMILES string of the molecule is CCCCCCCCC/C=C/C=C/CCCCCCCC(=O)OC(COCCC(C(=O)[O-])[N+](C)(C)C)COC(=O)CCCCCCC/C=C/CCCCCCCCCCC. The molecule has 60 heavy (non-hydrogen) atoms. The maximum atomic E-state index is 12.8. The van der Waals surface area contributed by atoms with E-state index in [0.717, 1.165) is 70.6 Å². The Morgan fingerprint density at radius 1 is 0.500 bits per heavy atom. The molecule has 350 valence electrons. The summed E-state index contributed by atoms with van der Waals surface area (Å²) in [7, 11) is 5.41. The van der Waals surface area contributed by atoms with E-state index in [9.17, 15) is 19.5 Å². The molecule has 8 nitrogen and oxygen atoms in total. The van der Waals surface area contributed by atoms with Crippen LogP contribution in [-0.2, 0) is 28.6 Å². The van der Waals surface area contributed by atoms with Gasteiger partial charge in [-0.2, -0.15) is 0 Å². The summed E-state index contributed by atoms with van der Waals surface area (Å²) in [6, 6.07) is -0.730. The van der Waals surface area contributed by atoms with E-state index in [-0.39, 0.29) is 42.7 Å². The van der Waals surface area contributed by atoms with E-state index < -0.39 is 18.1 Å². The van der Waals surface area contributed by atoms with Crippen molar-refractivity contribution in [3.8, 4) is 0 Å². The first-order valence-corrected chi connectivity index (χ1v) is 25.0. The maximum Gasteiger partial charge on any atom is 0.306 e. The van der Waals surface area contributed by atoms with Gasteiger partial charge in [-0.25, -0.2) is 0 Å². The van der Waals surface area contributed by atoms with Crippen LogP contribution in [-0.4, -0.2) is 75.5 Å². The molecule has 0 radical (unpaired) electrons. The van der Waals surface area contributed by atoms with Gasteiger partial charge in [0.25, 0.3) is 0 Å². The van der Waals surface area contributed by atoms with Gasteiger partial charge in [0.1, 0.15) is 12.6 Å². The Kier molecular flexibility index (Phi) is 41.4. The Morgan fingerprint density at radius 3 is 1.30 bits per heavy atom. The topological polar surface area (TPSA) is 102 Å². The third-order valence-electron chi connectivity index (χ3n) is 11.3. The summed E-state index contributed by atoms with van der Waals surface area (Å²) < 4.78 is 17.2. The van der Waals surface area contributed by atoms with Gasteiger partial charge in [-0.3, -0.25) is 9.59 Å². The summed E-state index contributed by atoms with van der Waals surface area (Å²) in [6.45, 7) is 4.65. The van der Waals surface area contributed by atoms with Crippen molar-refractivity contribution in [2.75, 3.05) is 41.0 Å². The van der Waals surface area contributed by atoms with E-state index in [1.54, 1.807) is 21.1 Å². The van der Waals surface area contributed by atoms with E-state index in [1.807, 2.05) is 0 Å². The molecule has 0 aromatic heterocycles. The van der Waals surface area contributed by atoms with E-state index in [0.29, 0.717) is 12.8 Å². The van der Waals surface area contributed by atoms with Crippen molar-refractivity contribution >= 4 is 17.9 Å². The molecule has 0 aliphatic heterocycles. The molecule has 0 bridgehead atoms. The number of likely N-dealkylation sites (N-methyl/N-ethyl adjacent to an activating group) is 1. The first-order chi connectivity index (χ1) is 29.1. The number of hydrogen-bond donors (Lipinski definition) is 0. The molecule has 0 saturated carbocycles. The number of carboxylic acid groups (broad SMARTS) is 1. The first kappa shape index (κ1) is 57.5. The molecular weight excluding hydrogens is 751 g/mol. The maximum absolute atomic E-state index is 12.8. The van der Waals surface area contributed by atoms with Gasteiger partial charge < -0.3 is 28.6 Å². The summed E-state index contributed by atoms with van der Waals surface area (Å²) in [5.74, 6) is -1.76. The Balaban J connectivity index is 4.31. The monoisotopic (exact) mass is 846 g/mol. The number of carbonyl (C=O) groups is 3. The van der Waals surface area contributed by atoms with Gasteiger partial charge in [0.05, 0.1) is 40.3 Å². The van der Waals surface area contributed by atoms with Gasteiger partial charge in [-0.05, 0) is 64.2 Å². The van der Waals surface area contributed by atoms with Crippen LogP contribution in [0.4, 0.5) is 0 Å². The Hall–Kier alpha value is -2.45. The lowest BCUT2D eigenvalue weighted by Gasteiger charge is -2.34. The molecule has 2 unspecified atom stereocenters. The van der Waals surface area contributed by atoms with Crippen molar-refractivity contribution in [2.24, 2.45) is 0 Å². The van der Waals surface area contributed by atoms with Crippen molar-refractivity contribution in [1.82, 2.24) is 0 Å². The lowest BCUT2D eigenvalue weighted by Crippen LogP contribution is -2.55. The molecule has 0 aromatic rings. The summed E-state index contributed by atoms with van der Waals surface area (Å²) in [4.78, 5) is 37.0. The number of carbonyl (C=O) groups excluding carboxylic acids is 3. The second-order valence-corrected chi connectivity index (χ2v) is 18.1. The number of esters is 2. The number of ether oxygens (including phenoxy) is 3. The smallest absolute Gasteiger partial charge is 0.306 e. The fraction of sp³-hybridized carbons (Fsp3) is 0.827. The van der Waals surface area contributed by atoms with Crippen LogP contribution in [0.1, 0.15) is 226 Å². The Bertz CT molecular complexity index is 1080. The van der Waals surface area contributed by atoms with Gasteiger partial charge >= 0.3 is 11.9 Å². The summed E-state index contributed by atoms with van der Waals surface area (Å²) in [5.41, 5.74) is 0. The highest BCUT2D eigenvalue weighted by atomic mass is 16.6. The van der Waals surface area contributed by atoms with Crippen LogP contribution in [0, 0.1) is 0 Å².